The number of halogens is 1. The van der Waals surface area contributed by atoms with Gasteiger partial charge in [-0.1, -0.05) is 12.1 Å². The molecule has 0 bridgehead atoms. The van der Waals surface area contributed by atoms with Crippen molar-refractivity contribution in [2.24, 2.45) is 0 Å². The zero-order valence-electron chi connectivity index (χ0n) is 8.35. The Kier molecular flexibility index (Phi) is 2.84. The van der Waals surface area contributed by atoms with Gasteiger partial charge in [0.1, 0.15) is 11.6 Å². The van der Waals surface area contributed by atoms with Gasteiger partial charge in [0, 0.05) is 0 Å². The Morgan fingerprint density at radius 1 is 1.31 bits per heavy atom. The van der Waals surface area contributed by atoms with Gasteiger partial charge in [-0.05, 0) is 35.9 Å². The molecule has 0 amide bonds. The van der Waals surface area contributed by atoms with Gasteiger partial charge in [-0.15, -0.1) is 0 Å². The Morgan fingerprint density at radius 3 is 2.81 bits per heavy atom. The number of hydrogen-bond acceptors (Lipinski definition) is 2. The summed E-state index contributed by atoms with van der Waals surface area (Å²) in [5.41, 5.74) is 0.911. The van der Waals surface area contributed by atoms with Crippen LogP contribution in [0.4, 0.5) is 4.39 Å². The van der Waals surface area contributed by atoms with E-state index in [1.165, 1.54) is 18.4 Å². The van der Waals surface area contributed by atoms with Crippen molar-refractivity contribution < 1.29 is 8.81 Å². The summed E-state index contributed by atoms with van der Waals surface area (Å²) in [6.45, 7) is 0. The van der Waals surface area contributed by atoms with Crippen LogP contribution in [0, 0.1) is 17.1 Å². The molecule has 0 aliphatic rings. The molecule has 0 N–H and O–H groups in total. The minimum absolute atomic E-state index is 0.363. The quantitative estimate of drug-likeness (QED) is 0.716. The second kappa shape index (κ2) is 4.45. The Balaban J connectivity index is 2.41. The van der Waals surface area contributed by atoms with E-state index in [0.29, 0.717) is 16.9 Å². The lowest BCUT2D eigenvalue weighted by Gasteiger charge is -1.98. The maximum absolute atomic E-state index is 13.0. The van der Waals surface area contributed by atoms with E-state index in [2.05, 4.69) is 0 Å². The zero-order valence-corrected chi connectivity index (χ0v) is 8.35. The molecule has 1 aromatic heterocycles. The standard InChI is InChI=1S/C13H8FNO/c14-12-4-1-3-10(7-12)11(9-15)8-13-5-2-6-16-13/h1-8H. The molecule has 0 saturated carbocycles. The molecule has 2 rings (SSSR count). The monoisotopic (exact) mass is 213 g/mol. The van der Waals surface area contributed by atoms with Crippen LogP contribution >= 0.6 is 0 Å². The molecule has 78 valence electrons. The summed E-state index contributed by atoms with van der Waals surface area (Å²) < 4.78 is 18.1. The smallest absolute Gasteiger partial charge is 0.127 e. The summed E-state index contributed by atoms with van der Waals surface area (Å²) in [4.78, 5) is 0. The Labute approximate surface area is 92.2 Å². The molecule has 0 fully saturated rings. The molecular formula is C13H8FNO. The van der Waals surface area contributed by atoms with Gasteiger partial charge >= 0.3 is 0 Å². The van der Waals surface area contributed by atoms with Crippen molar-refractivity contribution in [2.75, 3.05) is 0 Å². The number of nitrogens with zero attached hydrogens (tertiary/aromatic N) is 1. The van der Waals surface area contributed by atoms with Gasteiger partial charge in [0.15, 0.2) is 0 Å². The number of nitriles is 1. The summed E-state index contributed by atoms with van der Waals surface area (Å²) in [5, 5.41) is 8.99. The lowest BCUT2D eigenvalue weighted by Crippen LogP contribution is -1.83. The highest BCUT2D eigenvalue weighted by molar-refractivity contribution is 5.88. The second-order valence-electron chi connectivity index (χ2n) is 3.20. The molecule has 0 radical (unpaired) electrons. The number of hydrogen-bond donors (Lipinski definition) is 0. The van der Waals surface area contributed by atoms with E-state index in [0.717, 1.165) is 0 Å². The molecule has 0 aliphatic heterocycles. The van der Waals surface area contributed by atoms with Crippen molar-refractivity contribution in [2.45, 2.75) is 0 Å². The van der Waals surface area contributed by atoms with Crippen LogP contribution in [0.1, 0.15) is 11.3 Å². The second-order valence-corrected chi connectivity index (χ2v) is 3.20. The third kappa shape index (κ3) is 2.18. The lowest BCUT2D eigenvalue weighted by molar-refractivity contribution is 0.557. The van der Waals surface area contributed by atoms with Crippen LogP contribution in [0.25, 0.3) is 11.6 Å². The van der Waals surface area contributed by atoms with Crippen molar-refractivity contribution in [1.29, 1.82) is 5.26 Å². The Morgan fingerprint density at radius 2 is 2.19 bits per heavy atom. The Hall–Kier alpha value is -2.34. The van der Waals surface area contributed by atoms with Crippen LogP contribution in [-0.4, -0.2) is 0 Å². The Bertz CT molecular complexity index is 550. The van der Waals surface area contributed by atoms with Crippen LogP contribution in [-0.2, 0) is 0 Å². The fraction of sp³-hybridized carbons (Fsp3) is 0. The van der Waals surface area contributed by atoms with Gasteiger partial charge in [-0.25, -0.2) is 4.39 Å². The fourth-order valence-corrected chi connectivity index (χ4v) is 1.35. The molecule has 0 unspecified atom stereocenters. The maximum atomic E-state index is 13.0. The van der Waals surface area contributed by atoms with E-state index >= 15 is 0 Å². The highest BCUT2D eigenvalue weighted by atomic mass is 19.1. The number of rotatable bonds is 2. The van der Waals surface area contributed by atoms with Crippen molar-refractivity contribution >= 4 is 11.6 Å². The van der Waals surface area contributed by atoms with E-state index in [4.69, 9.17) is 9.68 Å². The molecule has 2 aromatic rings. The lowest BCUT2D eigenvalue weighted by atomic mass is 10.1. The van der Waals surface area contributed by atoms with Gasteiger partial charge in [-0.2, -0.15) is 5.26 Å². The first kappa shape index (κ1) is 10.2. The SMILES string of the molecule is N#CC(=Cc1ccco1)c1cccc(F)c1. The number of furan rings is 1. The molecule has 0 saturated heterocycles. The van der Waals surface area contributed by atoms with Crippen LogP contribution < -0.4 is 0 Å². The fourth-order valence-electron chi connectivity index (χ4n) is 1.35. The maximum Gasteiger partial charge on any atom is 0.127 e. The van der Waals surface area contributed by atoms with Crippen LogP contribution in [0.3, 0.4) is 0 Å². The van der Waals surface area contributed by atoms with Crippen LogP contribution in [0.5, 0.6) is 0 Å². The largest absolute Gasteiger partial charge is 0.465 e. The first-order valence-corrected chi connectivity index (χ1v) is 4.71. The normalized spacial score (nSPS) is 11.1. The topological polar surface area (TPSA) is 36.9 Å². The minimum atomic E-state index is -0.363. The van der Waals surface area contributed by atoms with E-state index in [1.807, 2.05) is 6.07 Å². The highest BCUT2D eigenvalue weighted by Gasteiger charge is 2.03. The van der Waals surface area contributed by atoms with Crippen molar-refractivity contribution in [1.82, 2.24) is 0 Å². The third-order valence-electron chi connectivity index (χ3n) is 2.09. The summed E-state index contributed by atoms with van der Waals surface area (Å²) in [5.74, 6) is 0.207. The van der Waals surface area contributed by atoms with Crippen LogP contribution in [0.2, 0.25) is 0 Å². The summed E-state index contributed by atoms with van der Waals surface area (Å²) >= 11 is 0. The summed E-state index contributed by atoms with van der Waals surface area (Å²) in [6.07, 6.45) is 3.10. The van der Waals surface area contributed by atoms with Crippen molar-refractivity contribution in [3.8, 4) is 6.07 Å². The number of benzene rings is 1. The van der Waals surface area contributed by atoms with Crippen molar-refractivity contribution in [3.05, 3.63) is 59.8 Å². The molecule has 2 nitrogen and oxygen atoms in total. The zero-order chi connectivity index (χ0) is 11.4. The minimum Gasteiger partial charge on any atom is -0.465 e. The van der Waals surface area contributed by atoms with E-state index in [9.17, 15) is 4.39 Å². The molecule has 1 aromatic carbocycles. The van der Waals surface area contributed by atoms with Gasteiger partial charge < -0.3 is 4.42 Å². The van der Waals surface area contributed by atoms with Gasteiger partial charge in [-0.3, -0.25) is 0 Å². The average molecular weight is 213 g/mol. The molecule has 16 heavy (non-hydrogen) atoms. The molecular weight excluding hydrogens is 205 g/mol. The van der Waals surface area contributed by atoms with Crippen molar-refractivity contribution in [3.63, 3.8) is 0 Å². The summed E-state index contributed by atoms with van der Waals surface area (Å²) in [6, 6.07) is 11.4. The highest BCUT2D eigenvalue weighted by Crippen LogP contribution is 2.18. The molecule has 0 atom stereocenters. The van der Waals surface area contributed by atoms with Gasteiger partial charge in [0.05, 0.1) is 17.9 Å². The third-order valence-corrected chi connectivity index (χ3v) is 2.09. The average Bonchev–Trinajstić information content (AvgIpc) is 2.78. The van der Waals surface area contributed by atoms with Gasteiger partial charge in [0.25, 0.3) is 0 Å². The molecule has 0 spiro atoms. The first-order chi connectivity index (χ1) is 7.79. The van der Waals surface area contributed by atoms with E-state index < -0.39 is 0 Å². The molecule has 1 heterocycles. The summed E-state index contributed by atoms with van der Waals surface area (Å²) in [7, 11) is 0. The van der Waals surface area contributed by atoms with E-state index in [1.54, 1.807) is 30.3 Å². The molecule has 0 aliphatic carbocycles. The van der Waals surface area contributed by atoms with Gasteiger partial charge in [0.2, 0.25) is 0 Å². The predicted octanol–water partition coefficient (Wildman–Crippen LogP) is 3.48. The predicted molar refractivity (Wildman–Crippen MR) is 58.6 cm³/mol. The first-order valence-electron chi connectivity index (χ1n) is 4.71. The number of allylic oxidation sites excluding steroid dienone is 1. The molecule has 3 heteroatoms. The van der Waals surface area contributed by atoms with Crippen LogP contribution in [0.15, 0.2) is 47.1 Å². The van der Waals surface area contributed by atoms with E-state index in [-0.39, 0.29) is 5.82 Å².